The Bertz CT molecular complexity index is 305. The van der Waals surface area contributed by atoms with Crippen molar-refractivity contribution in [1.82, 2.24) is 5.32 Å². The summed E-state index contributed by atoms with van der Waals surface area (Å²) in [5.74, 6) is 1.70. The molecule has 18 heavy (non-hydrogen) atoms. The number of hydrogen-bond donors (Lipinski definition) is 1. The van der Waals surface area contributed by atoms with Gasteiger partial charge < -0.3 is 10.1 Å². The van der Waals surface area contributed by atoms with E-state index in [2.05, 4.69) is 21.2 Å². The van der Waals surface area contributed by atoms with Crippen LogP contribution in [0.2, 0.25) is 0 Å². The molecule has 1 aromatic rings. The zero-order valence-electron chi connectivity index (χ0n) is 10.6. The molecule has 0 radical (unpaired) electrons. The van der Waals surface area contributed by atoms with Crippen LogP contribution in [0.15, 0.2) is 28.7 Å². The maximum Gasteiger partial charge on any atom is 0.119 e. The number of hydrogen-bond acceptors (Lipinski definition) is 2. The van der Waals surface area contributed by atoms with Crippen LogP contribution in [-0.2, 0) is 0 Å². The second kappa shape index (κ2) is 10.7. The number of ether oxygens (including phenoxy) is 1. The van der Waals surface area contributed by atoms with Crippen molar-refractivity contribution in [2.45, 2.75) is 25.7 Å². The van der Waals surface area contributed by atoms with Crippen molar-refractivity contribution in [2.75, 3.05) is 25.6 Å². The van der Waals surface area contributed by atoms with Gasteiger partial charge in [-0.3, -0.25) is 0 Å². The van der Waals surface area contributed by atoms with Crippen LogP contribution >= 0.6 is 27.5 Å². The molecular formula is C14H21BrClNO. The van der Waals surface area contributed by atoms with Gasteiger partial charge in [-0.05, 0) is 43.7 Å². The van der Waals surface area contributed by atoms with Crippen LogP contribution in [0.3, 0.4) is 0 Å². The van der Waals surface area contributed by atoms with Crippen molar-refractivity contribution >= 4 is 27.5 Å². The minimum absolute atomic E-state index is 0.712. The molecule has 0 bridgehead atoms. The van der Waals surface area contributed by atoms with Crippen molar-refractivity contribution in [1.29, 1.82) is 0 Å². The number of halogens is 2. The largest absolute Gasteiger partial charge is 0.492 e. The highest BCUT2D eigenvalue weighted by Crippen LogP contribution is 2.15. The van der Waals surface area contributed by atoms with Gasteiger partial charge in [0.25, 0.3) is 0 Å². The Kier molecular flexibility index (Phi) is 9.35. The highest BCUT2D eigenvalue weighted by Gasteiger charge is 1.94. The van der Waals surface area contributed by atoms with E-state index in [-0.39, 0.29) is 0 Å². The van der Waals surface area contributed by atoms with Gasteiger partial charge in [0, 0.05) is 16.9 Å². The lowest BCUT2D eigenvalue weighted by Gasteiger charge is -2.07. The van der Waals surface area contributed by atoms with E-state index in [0.717, 1.165) is 35.6 Å². The van der Waals surface area contributed by atoms with E-state index >= 15 is 0 Å². The quantitative estimate of drug-likeness (QED) is 0.511. The monoisotopic (exact) mass is 333 g/mol. The zero-order valence-corrected chi connectivity index (χ0v) is 13.0. The number of benzene rings is 1. The molecule has 0 heterocycles. The van der Waals surface area contributed by atoms with E-state index in [4.69, 9.17) is 16.3 Å². The normalized spacial score (nSPS) is 10.6. The molecule has 0 unspecified atom stereocenters. The van der Waals surface area contributed by atoms with E-state index in [0.29, 0.717) is 6.61 Å². The van der Waals surface area contributed by atoms with E-state index in [9.17, 15) is 0 Å². The standard InChI is InChI=1S/C14H21BrClNO/c15-13-5-7-14(8-6-13)18-12-11-17-10-4-2-1-3-9-16/h5-8,17H,1-4,9-12H2. The zero-order chi connectivity index (χ0) is 13.1. The average Bonchev–Trinajstić information content (AvgIpc) is 2.39. The summed E-state index contributed by atoms with van der Waals surface area (Å²) < 4.78 is 6.68. The van der Waals surface area contributed by atoms with Crippen LogP contribution in [0, 0.1) is 0 Å². The minimum Gasteiger partial charge on any atom is -0.492 e. The third-order valence-corrected chi connectivity index (χ3v) is 3.39. The van der Waals surface area contributed by atoms with Gasteiger partial charge in [0.15, 0.2) is 0 Å². The van der Waals surface area contributed by atoms with Crippen LogP contribution in [-0.4, -0.2) is 25.6 Å². The molecule has 4 heteroatoms. The Labute approximate surface area is 123 Å². The molecule has 0 spiro atoms. The van der Waals surface area contributed by atoms with Crippen LogP contribution in [0.5, 0.6) is 5.75 Å². The Hall–Kier alpha value is -0.250. The third kappa shape index (κ3) is 7.96. The van der Waals surface area contributed by atoms with Crippen molar-refractivity contribution in [2.24, 2.45) is 0 Å². The van der Waals surface area contributed by atoms with E-state index in [1.54, 1.807) is 0 Å². The van der Waals surface area contributed by atoms with E-state index in [1.165, 1.54) is 19.3 Å². The lowest BCUT2D eigenvalue weighted by molar-refractivity contribution is 0.313. The first-order valence-corrected chi connectivity index (χ1v) is 7.81. The highest BCUT2D eigenvalue weighted by atomic mass is 79.9. The summed E-state index contributed by atoms with van der Waals surface area (Å²) in [5.41, 5.74) is 0. The van der Waals surface area contributed by atoms with Gasteiger partial charge in [-0.15, -0.1) is 11.6 Å². The molecule has 0 atom stereocenters. The molecule has 0 aliphatic rings. The second-order valence-corrected chi connectivity index (χ2v) is 5.45. The molecule has 0 aliphatic carbocycles. The minimum atomic E-state index is 0.712. The topological polar surface area (TPSA) is 21.3 Å². The SMILES string of the molecule is ClCCCCCCNCCOc1ccc(Br)cc1. The predicted molar refractivity (Wildman–Crippen MR) is 81.7 cm³/mol. The molecule has 0 amide bonds. The van der Waals surface area contributed by atoms with Crippen LogP contribution < -0.4 is 10.1 Å². The molecule has 0 fully saturated rings. The molecule has 102 valence electrons. The van der Waals surface area contributed by atoms with Gasteiger partial charge in [0.05, 0.1) is 0 Å². The summed E-state index contributed by atoms with van der Waals surface area (Å²) in [7, 11) is 0. The van der Waals surface area contributed by atoms with Gasteiger partial charge in [0.1, 0.15) is 12.4 Å². The summed E-state index contributed by atoms with van der Waals surface area (Å²) in [6.07, 6.45) is 4.84. The second-order valence-electron chi connectivity index (χ2n) is 4.16. The van der Waals surface area contributed by atoms with Crippen molar-refractivity contribution in [3.05, 3.63) is 28.7 Å². The molecule has 0 aromatic heterocycles. The first-order valence-electron chi connectivity index (χ1n) is 6.48. The molecule has 0 aliphatic heterocycles. The number of unbranched alkanes of at least 4 members (excludes halogenated alkanes) is 3. The Balaban J connectivity index is 1.91. The lowest BCUT2D eigenvalue weighted by atomic mass is 10.2. The maximum absolute atomic E-state index is 5.62. The summed E-state index contributed by atoms with van der Waals surface area (Å²) in [4.78, 5) is 0. The fourth-order valence-electron chi connectivity index (χ4n) is 1.59. The predicted octanol–water partition coefficient (Wildman–Crippen LogP) is 4.22. The van der Waals surface area contributed by atoms with Gasteiger partial charge in [0.2, 0.25) is 0 Å². The Morgan fingerprint density at radius 3 is 2.44 bits per heavy atom. The summed E-state index contributed by atoms with van der Waals surface area (Å²) >= 11 is 9.01. The Morgan fingerprint density at radius 1 is 1.00 bits per heavy atom. The van der Waals surface area contributed by atoms with Gasteiger partial charge in [-0.1, -0.05) is 28.8 Å². The highest BCUT2D eigenvalue weighted by molar-refractivity contribution is 9.10. The first-order chi connectivity index (χ1) is 8.83. The average molecular weight is 335 g/mol. The van der Waals surface area contributed by atoms with Crippen LogP contribution in [0.25, 0.3) is 0 Å². The number of nitrogens with one attached hydrogen (secondary N) is 1. The summed E-state index contributed by atoms with van der Waals surface area (Å²) in [6.45, 7) is 2.67. The van der Waals surface area contributed by atoms with Crippen LogP contribution in [0.1, 0.15) is 25.7 Å². The molecule has 1 N–H and O–H groups in total. The number of rotatable bonds is 10. The summed E-state index contributed by atoms with van der Waals surface area (Å²) in [5, 5.41) is 3.38. The molecule has 0 saturated heterocycles. The smallest absolute Gasteiger partial charge is 0.119 e. The Morgan fingerprint density at radius 2 is 1.72 bits per heavy atom. The van der Waals surface area contributed by atoms with Crippen molar-refractivity contribution < 1.29 is 4.74 Å². The van der Waals surface area contributed by atoms with Crippen molar-refractivity contribution in [3.63, 3.8) is 0 Å². The molecule has 2 nitrogen and oxygen atoms in total. The van der Waals surface area contributed by atoms with Crippen LogP contribution in [0.4, 0.5) is 0 Å². The summed E-state index contributed by atoms with van der Waals surface area (Å²) in [6, 6.07) is 7.91. The fourth-order valence-corrected chi connectivity index (χ4v) is 2.05. The van der Waals surface area contributed by atoms with Gasteiger partial charge >= 0.3 is 0 Å². The van der Waals surface area contributed by atoms with Gasteiger partial charge in [-0.2, -0.15) is 0 Å². The number of alkyl halides is 1. The molecule has 0 saturated carbocycles. The lowest BCUT2D eigenvalue weighted by Crippen LogP contribution is -2.22. The maximum atomic E-state index is 5.62. The molecule has 1 rings (SSSR count). The van der Waals surface area contributed by atoms with Gasteiger partial charge in [-0.25, -0.2) is 0 Å². The molecular weight excluding hydrogens is 314 g/mol. The van der Waals surface area contributed by atoms with Crippen molar-refractivity contribution in [3.8, 4) is 5.75 Å². The molecule has 1 aromatic carbocycles. The van der Waals surface area contributed by atoms with E-state index in [1.807, 2.05) is 24.3 Å². The first kappa shape index (κ1) is 15.8. The third-order valence-electron chi connectivity index (χ3n) is 2.60. The van der Waals surface area contributed by atoms with E-state index < -0.39 is 0 Å². The fraction of sp³-hybridized carbons (Fsp3) is 0.571.